The maximum absolute atomic E-state index is 6.03. The molecule has 0 radical (unpaired) electrons. The van der Waals surface area contributed by atoms with E-state index in [-0.39, 0.29) is 0 Å². The summed E-state index contributed by atoms with van der Waals surface area (Å²) in [6.07, 6.45) is 7.17. The molecule has 0 bridgehead atoms. The van der Waals surface area contributed by atoms with Crippen LogP contribution in [0.1, 0.15) is 59.3 Å². The quantitative estimate of drug-likeness (QED) is 0.621. The van der Waals surface area contributed by atoms with Gasteiger partial charge in [-0.15, -0.1) is 0 Å². The van der Waals surface area contributed by atoms with Gasteiger partial charge in [0, 0.05) is 6.04 Å². The van der Waals surface area contributed by atoms with Crippen molar-refractivity contribution in [3.8, 4) is 0 Å². The average Bonchev–Trinajstić information content (AvgIpc) is 2.08. The minimum atomic E-state index is 0.395. The van der Waals surface area contributed by atoms with Gasteiger partial charge < -0.3 is 11.5 Å². The number of hydrogen-bond donors (Lipinski definition) is 2. The first-order chi connectivity index (χ1) is 6.45. The molecule has 0 rings (SSSR count). The third-order valence-electron chi connectivity index (χ3n) is 2.54. The molecule has 0 aromatic carbocycles. The molecule has 14 heavy (non-hydrogen) atoms. The van der Waals surface area contributed by atoms with E-state index in [1.807, 2.05) is 0 Å². The van der Waals surface area contributed by atoms with E-state index >= 15 is 0 Å². The molecule has 2 nitrogen and oxygen atoms in total. The second kappa shape index (κ2) is 7.24. The summed E-state index contributed by atoms with van der Waals surface area (Å²) in [6, 6.07) is 0.395. The van der Waals surface area contributed by atoms with Gasteiger partial charge in [0.05, 0.1) is 0 Å². The molecule has 2 heteroatoms. The monoisotopic (exact) mass is 200 g/mol. The second-order valence-corrected chi connectivity index (χ2v) is 5.50. The highest BCUT2D eigenvalue weighted by Crippen LogP contribution is 2.22. The topological polar surface area (TPSA) is 52.0 Å². The summed E-state index contributed by atoms with van der Waals surface area (Å²) in [5.74, 6) is 0. The highest BCUT2D eigenvalue weighted by atomic mass is 14.6. The Morgan fingerprint density at radius 2 is 1.64 bits per heavy atom. The van der Waals surface area contributed by atoms with Gasteiger partial charge in [0.2, 0.25) is 0 Å². The molecule has 0 saturated carbocycles. The van der Waals surface area contributed by atoms with Crippen LogP contribution in [0, 0.1) is 5.41 Å². The standard InChI is InChI=1S/C12H28N2/c1-12(2,3)9-8-11(14)7-5-4-6-10-13/h11H,4-10,13-14H2,1-3H3. The lowest BCUT2D eigenvalue weighted by atomic mass is 9.88. The van der Waals surface area contributed by atoms with E-state index in [1.54, 1.807) is 0 Å². The van der Waals surface area contributed by atoms with Crippen LogP contribution in [0.5, 0.6) is 0 Å². The molecule has 0 fully saturated rings. The van der Waals surface area contributed by atoms with E-state index in [0.717, 1.165) is 25.8 Å². The van der Waals surface area contributed by atoms with Crippen LogP contribution in [0.25, 0.3) is 0 Å². The number of hydrogen-bond acceptors (Lipinski definition) is 2. The normalized spacial score (nSPS) is 14.4. The Morgan fingerprint density at radius 1 is 1.00 bits per heavy atom. The molecular weight excluding hydrogens is 172 g/mol. The highest BCUT2D eigenvalue weighted by molar-refractivity contribution is 4.68. The zero-order valence-corrected chi connectivity index (χ0v) is 10.2. The third kappa shape index (κ3) is 10.0. The van der Waals surface area contributed by atoms with Crippen LogP contribution in [0.4, 0.5) is 0 Å². The molecule has 0 spiro atoms. The van der Waals surface area contributed by atoms with Gasteiger partial charge in [-0.25, -0.2) is 0 Å². The largest absolute Gasteiger partial charge is 0.330 e. The molecule has 0 aliphatic rings. The van der Waals surface area contributed by atoms with E-state index in [0.29, 0.717) is 11.5 Å². The lowest BCUT2D eigenvalue weighted by Crippen LogP contribution is -2.22. The SMILES string of the molecule is CC(C)(C)CCC(N)CCCCCN. The molecule has 0 saturated heterocycles. The summed E-state index contributed by atoms with van der Waals surface area (Å²) in [5, 5.41) is 0. The first-order valence-corrected chi connectivity index (χ1v) is 5.91. The van der Waals surface area contributed by atoms with Crippen LogP contribution in [0.2, 0.25) is 0 Å². The summed E-state index contributed by atoms with van der Waals surface area (Å²) < 4.78 is 0. The Bertz CT molecular complexity index is 127. The van der Waals surface area contributed by atoms with Gasteiger partial charge in [0.15, 0.2) is 0 Å². The molecular formula is C12H28N2. The van der Waals surface area contributed by atoms with Crippen molar-refractivity contribution in [1.82, 2.24) is 0 Å². The van der Waals surface area contributed by atoms with Crippen LogP contribution >= 0.6 is 0 Å². The zero-order valence-electron chi connectivity index (χ0n) is 10.2. The highest BCUT2D eigenvalue weighted by Gasteiger charge is 2.12. The van der Waals surface area contributed by atoms with Crippen molar-refractivity contribution in [3.63, 3.8) is 0 Å². The summed E-state index contributed by atoms with van der Waals surface area (Å²) >= 11 is 0. The number of rotatable bonds is 7. The van der Waals surface area contributed by atoms with Crippen molar-refractivity contribution in [3.05, 3.63) is 0 Å². The van der Waals surface area contributed by atoms with Crippen LogP contribution in [-0.4, -0.2) is 12.6 Å². The summed E-state index contributed by atoms with van der Waals surface area (Å²) in [7, 11) is 0. The first kappa shape index (κ1) is 13.9. The van der Waals surface area contributed by atoms with Gasteiger partial charge in [-0.2, -0.15) is 0 Å². The van der Waals surface area contributed by atoms with Crippen molar-refractivity contribution < 1.29 is 0 Å². The Morgan fingerprint density at radius 3 is 2.14 bits per heavy atom. The molecule has 0 aliphatic heterocycles. The van der Waals surface area contributed by atoms with Crippen molar-refractivity contribution in [2.45, 2.75) is 65.3 Å². The van der Waals surface area contributed by atoms with Gasteiger partial charge in [-0.1, -0.05) is 33.6 Å². The van der Waals surface area contributed by atoms with Crippen LogP contribution in [0.3, 0.4) is 0 Å². The maximum atomic E-state index is 6.03. The van der Waals surface area contributed by atoms with Crippen LogP contribution in [0.15, 0.2) is 0 Å². The molecule has 0 aromatic rings. The molecule has 0 heterocycles. The van der Waals surface area contributed by atoms with E-state index in [4.69, 9.17) is 11.5 Å². The predicted octanol–water partition coefficient (Wildman–Crippen LogP) is 2.66. The fraction of sp³-hybridized carbons (Fsp3) is 1.00. The summed E-state index contributed by atoms with van der Waals surface area (Å²) in [6.45, 7) is 7.63. The number of nitrogens with two attached hydrogens (primary N) is 2. The Labute approximate surface area is 89.4 Å². The van der Waals surface area contributed by atoms with E-state index in [1.165, 1.54) is 19.3 Å². The Balaban J connectivity index is 3.32. The fourth-order valence-corrected chi connectivity index (χ4v) is 1.49. The molecule has 0 aliphatic carbocycles. The maximum Gasteiger partial charge on any atom is 0.00390 e. The summed E-state index contributed by atoms with van der Waals surface area (Å²) in [4.78, 5) is 0. The average molecular weight is 200 g/mol. The Hall–Kier alpha value is -0.0800. The van der Waals surface area contributed by atoms with E-state index < -0.39 is 0 Å². The van der Waals surface area contributed by atoms with Crippen LogP contribution < -0.4 is 11.5 Å². The molecule has 1 atom stereocenters. The molecule has 0 amide bonds. The smallest absolute Gasteiger partial charge is 0.00390 e. The van der Waals surface area contributed by atoms with Gasteiger partial charge >= 0.3 is 0 Å². The fourth-order valence-electron chi connectivity index (χ4n) is 1.49. The van der Waals surface area contributed by atoms with E-state index in [2.05, 4.69) is 20.8 Å². The zero-order chi connectivity index (χ0) is 11.0. The Kier molecular flexibility index (Phi) is 7.20. The van der Waals surface area contributed by atoms with Crippen molar-refractivity contribution in [2.24, 2.45) is 16.9 Å². The lowest BCUT2D eigenvalue weighted by molar-refractivity contribution is 0.341. The van der Waals surface area contributed by atoms with Gasteiger partial charge in [0.25, 0.3) is 0 Å². The van der Waals surface area contributed by atoms with E-state index in [9.17, 15) is 0 Å². The molecule has 86 valence electrons. The van der Waals surface area contributed by atoms with Crippen LogP contribution in [-0.2, 0) is 0 Å². The van der Waals surface area contributed by atoms with Gasteiger partial charge in [-0.05, 0) is 37.6 Å². The first-order valence-electron chi connectivity index (χ1n) is 5.91. The molecule has 0 aromatic heterocycles. The number of unbranched alkanes of at least 4 members (excludes halogenated alkanes) is 2. The van der Waals surface area contributed by atoms with Crippen molar-refractivity contribution >= 4 is 0 Å². The molecule has 1 unspecified atom stereocenters. The predicted molar refractivity (Wildman–Crippen MR) is 64.2 cm³/mol. The second-order valence-electron chi connectivity index (χ2n) is 5.50. The molecule has 4 N–H and O–H groups in total. The minimum absolute atomic E-state index is 0.395. The third-order valence-corrected chi connectivity index (χ3v) is 2.54. The van der Waals surface area contributed by atoms with Crippen molar-refractivity contribution in [2.75, 3.05) is 6.54 Å². The van der Waals surface area contributed by atoms with Gasteiger partial charge in [0.1, 0.15) is 0 Å². The van der Waals surface area contributed by atoms with Crippen molar-refractivity contribution in [1.29, 1.82) is 0 Å². The minimum Gasteiger partial charge on any atom is -0.330 e. The summed E-state index contributed by atoms with van der Waals surface area (Å²) in [5.41, 5.74) is 11.9. The lowest BCUT2D eigenvalue weighted by Gasteiger charge is -2.20. The van der Waals surface area contributed by atoms with Gasteiger partial charge in [-0.3, -0.25) is 0 Å².